The predicted molar refractivity (Wildman–Crippen MR) is 498 cm³/mol. The molecule has 0 unspecified atom stereocenters. The number of para-hydroxylation sites is 2. The van der Waals surface area contributed by atoms with E-state index in [0.717, 1.165) is 101 Å². The van der Waals surface area contributed by atoms with Crippen molar-refractivity contribution in [2.24, 2.45) is 0 Å². The Morgan fingerprint density at radius 3 is 0.808 bits per heavy atom. The molecule has 4 heteroatoms. The molecular weight excluding hydrogens is 1460 g/mol. The van der Waals surface area contributed by atoms with E-state index in [2.05, 4.69) is 400 Å². The molecule has 4 nitrogen and oxygen atoms in total. The van der Waals surface area contributed by atoms with Crippen molar-refractivity contribution in [2.75, 3.05) is 0 Å². The van der Waals surface area contributed by atoms with Crippen LogP contribution in [0.1, 0.15) is 0 Å². The standard InChI is InChI=1S/2C58H34O2/c1-3-12-35(13-4-1)38-25-29-48-49(32-38)55(40-26-27-42-43-19-9-16-37-17-10-23-52(56(37)43)60-54(42)34-40)47-28-24-39(36-14-5-2-6-15-36)33-50(47)57(48)46-30-31-53-58-44(20-11-21-45(46)58)41-18-7-8-22-51(41)59-53;1-3-12-35(13-4-1)38-25-29-48-49(32-38)55(40-26-27-42-43-19-9-16-37-17-10-22-52(56(37)43)60-54(42)34-40)47-28-24-39(36-14-5-2-6-15-36)33-50(47)57(48)46-31-30-45-41-18-7-8-21-51(41)59-53-23-11-20-44(46)58(45)53/h2*1-34H. The molecule has 26 rings (SSSR count). The number of ether oxygens (including phenoxy) is 4. The van der Waals surface area contributed by atoms with Crippen molar-refractivity contribution in [3.63, 3.8) is 0 Å². The van der Waals surface area contributed by atoms with Gasteiger partial charge in [-0.25, -0.2) is 0 Å². The highest BCUT2D eigenvalue weighted by molar-refractivity contribution is 6.28. The summed E-state index contributed by atoms with van der Waals surface area (Å²) in [5.41, 5.74) is 28.0. The monoisotopic (exact) mass is 1520 g/mol. The van der Waals surface area contributed by atoms with Crippen molar-refractivity contribution in [1.29, 1.82) is 0 Å². The molecule has 0 aromatic heterocycles. The van der Waals surface area contributed by atoms with Crippen molar-refractivity contribution in [2.45, 2.75) is 0 Å². The van der Waals surface area contributed by atoms with Crippen LogP contribution in [0.4, 0.5) is 0 Å². The summed E-state index contributed by atoms with van der Waals surface area (Å²) in [6.07, 6.45) is 0. The quantitative estimate of drug-likeness (QED) is 0.142. The maximum atomic E-state index is 6.80. The first-order valence-electron chi connectivity index (χ1n) is 41.1. The maximum Gasteiger partial charge on any atom is 0.135 e. The second kappa shape index (κ2) is 26.9. The van der Waals surface area contributed by atoms with Gasteiger partial charge in [0.15, 0.2) is 0 Å². The van der Waals surface area contributed by atoms with E-state index in [4.69, 9.17) is 18.9 Å². The van der Waals surface area contributed by atoms with Gasteiger partial charge in [-0.3, -0.25) is 0 Å². The smallest absolute Gasteiger partial charge is 0.135 e. The fourth-order valence-corrected chi connectivity index (χ4v) is 19.9. The van der Waals surface area contributed by atoms with Crippen molar-refractivity contribution in [3.8, 4) is 180 Å². The maximum absolute atomic E-state index is 6.80. The molecule has 4 aliphatic rings. The number of hydrogen-bond acceptors (Lipinski definition) is 4. The van der Waals surface area contributed by atoms with Crippen molar-refractivity contribution in [1.82, 2.24) is 0 Å². The summed E-state index contributed by atoms with van der Waals surface area (Å²) in [6.45, 7) is 0. The van der Waals surface area contributed by atoms with Crippen LogP contribution in [0, 0.1) is 0 Å². The van der Waals surface area contributed by atoms with Crippen molar-refractivity contribution < 1.29 is 18.9 Å². The average Bonchev–Trinajstić information content (AvgIpc) is 0.713. The first-order valence-corrected chi connectivity index (χ1v) is 41.1. The summed E-state index contributed by atoms with van der Waals surface area (Å²) in [6, 6.07) is 149. The Kier molecular flexibility index (Phi) is 15.1. The lowest BCUT2D eigenvalue weighted by Gasteiger charge is -2.25. The van der Waals surface area contributed by atoms with Crippen LogP contribution in [0.3, 0.4) is 0 Å². The van der Waals surface area contributed by atoms with E-state index in [1.54, 1.807) is 0 Å². The number of benzene rings is 22. The molecule has 0 radical (unpaired) electrons. The molecule has 0 saturated heterocycles. The van der Waals surface area contributed by atoms with Crippen LogP contribution in [0.15, 0.2) is 413 Å². The Hall–Kier alpha value is -15.9. The molecular formula is C116H68O4. The second-order valence-electron chi connectivity index (χ2n) is 31.8. The predicted octanol–water partition coefficient (Wildman–Crippen LogP) is 33.0. The van der Waals surface area contributed by atoms with Crippen LogP contribution in [0.2, 0.25) is 0 Å². The first kappa shape index (κ1) is 67.5. The summed E-state index contributed by atoms with van der Waals surface area (Å²) >= 11 is 0. The lowest BCUT2D eigenvalue weighted by Crippen LogP contribution is -1.99. The minimum atomic E-state index is 0.869. The Morgan fingerprint density at radius 1 is 0.117 bits per heavy atom. The van der Waals surface area contributed by atoms with Crippen LogP contribution in [0.5, 0.6) is 46.0 Å². The summed E-state index contributed by atoms with van der Waals surface area (Å²) in [5.74, 6) is 7.08. The zero-order chi connectivity index (χ0) is 78.6. The van der Waals surface area contributed by atoms with Crippen LogP contribution < -0.4 is 18.9 Å². The SMILES string of the molecule is c1ccc(-c2ccc3c(-c4ccc5c6c(cccc46)-c4ccccc4O5)c4cc(-c5ccccc5)ccc4c(-c4ccc5c(c4)Oc4cccc6cccc-5c46)c3c2)cc1.c1ccc(-c2ccc3c(-c4ccc5c6c(cccc46)Oc4ccccc4-5)c4cc(-c5ccccc5)ccc4c(-c4ccc5c(c4)Oc4cccc6cccc-5c46)c3c2)cc1. The van der Waals surface area contributed by atoms with Crippen LogP contribution in [-0.4, -0.2) is 0 Å². The third kappa shape index (κ3) is 10.6. The minimum absolute atomic E-state index is 0.869. The minimum Gasteiger partial charge on any atom is -0.456 e. The topological polar surface area (TPSA) is 36.9 Å². The fourth-order valence-electron chi connectivity index (χ4n) is 19.9. The van der Waals surface area contributed by atoms with Gasteiger partial charge < -0.3 is 18.9 Å². The molecule has 0 N–H and O–H groups in total. The molecule has 120 heavy (non-hydrogen) atoms. The summed E-state index contributed by atoms with van der Waals surface area (Å²) in [4.78, 5) is 0. The molecule has 22 aromatic rings. The zero-order valence-electron chi connectivity index (χ0n) is 64.9. The van der Waals surface area contributed by atoms with Crippen molar-refractivity contribution >= 4 is 86.2 Å². The van der Waals surface area contributed by atoms with Gasteiger partial charge in [0, 0.05) is 43.8 Å². The third-order valence-corrected chi connectivity index (χ3v) is 25.3. The fraction of sp³-hybridized carbons (Fsp3) is 0. The summed E-state index contributed by atoms with van der Waals surface area (Å²) in [5, 5.41) is 18.8. The molecule has 556 valence electrons. The molecule has 0 atom stereocenters. The molecule has 0 amide bonds. The molecule has 0 saturated carbocycles. The molecule has 0 spiro atoms. The first-order chi connectivity index (χ1) is 59.5. The number of rotatable bonds is 8. The van der Waals surface area contributed by atoms with Gasteiger partial charge in [0.25, 0.3) is 0 Å². The average molecular weight is 1530 g/mol. The Balaban J connectivity index is 0.000000133. The zero-order valence-corrected chi connectivity index (χ0v) is 64.9. The van der Waals surface area contributed by atoms with E-state index < -0.39 is 0 Å². The van der Waals surface area contributed by atoms with E-state index >= 15 is 0 Å². The number of hydrogen-bond donors (Lipinski definition) is 0. The van der Waals surface area contributed by atoms with E-state index in [1.807, 2.05) is 12.1 Å². The summed E-state index contributed by atoms with van der Waals surface area (Å²) in [7, 11) is 0. The van der Waals surface area contributed by atoms with Gasteiger partial charge >= 0.3 is 0 Å². The van der Waals surface area contributed by atoms with Crippen LogP contribution in [-0.2, 0) is 0 Å². The van der Waals surface area contributed by atoms with E-state index in [1.165, 1.54) is 165 Å². The Labute approximate surface area is 692 Å². The third-order valence-electron chi connectivity index (χ3n) is 25.3. The van der Waals surface area contributed by atoms with Crippen molar-refractivity contribution in [3.05, 3.63) is 413 Å². The van der Waals surface area contributed by atoms with Gasteiger partial charge in [0.2, 0.25) is 0 Å². The van der Waals surface area contributed by atoms with Gasteiger partial charge in [0.05, 0.1) is 0 Å². The molecule has 4 heterocycles. The summed E-state index contributed by atoms with van der Waals surface area (Å²) < 4.78 is 26.8. The Morgan fingerprint density at radius 2 is 0.383 bits per heavy atom. The van der Waals surface area contributed by atoms with E-state index in [0.29, 0.717) is 0 Å². The lowest BCUT2D eigenvalue weighted by molar-refractivity contribution is 0.487. The molecule has 0 fully saturated rings. The lowest BCUT2D eigenvalue weighted by atomic mass is 9.81. The molecule has 4 aliphatic heterocycles. The number of fused-ring (bicyclic) bond motifs is 12. The largest absolute Gasteiger partial charge is 0.456 e. The van der Waals surface area contributed by atoms with Gasteiger partial charge in [0.1, 0.15) is 46.0 Å². The van der Waals surface area contributed by atoms with Crippen LogP contribution >= 0.6 is 0 Å². The van der Waals surface area contributed by atoms with E-state index in [9.17, 15) is 0 Å². The van der Waals surface area contributed by atoms with E-state index in [-0.39, 0.29) is 0 Å². The molecule has 0 bridgehead atoms. The molecule has 0 aliphatic carbocycles. The Bertz CT molecular complexity index is 7690. The van der Waals surface area contributed by atoms with Gasteiger partial charge in [-0.1, -0.05) is 322 Å². The van der Waals surface area contributed by atoms with Gasteiger partial charge in [-0.05, 0) is 267 Å². The van der Waals surface area contributed by atoms with Crippen LogP contribution in [0.25, 0.3) is 220 Å². The highest BCUT2D eigenvalue weighted by Crippen LogP contribution is 2.58. The highest BCUT2D eigenvalue weighted by Gasteiger charge is 2.31. The normalized spacial score (nSPS) is 12.3. The second-order valence-corrected chi connectivity index (χ2v) is 31.8. The molecule has 22 aromatic carbocycles. The highest BCUT2D eigenvalue weighted by atomic mass is 16.5. The van der Waals surface area contributed by atoms with Gasteiger partial charge in [-0.15, -0.1) is 0 Å². The van der Waals surface area contributed by atoms with Gasteiger partial charge in [-0.2, -0.15) is 0 Å².